The molecule has 98 valence electrons. The van der Waals surface area contributed by atoms with E-state index < -0.39 is 0 Å². The Labute approximate surface area is 110 Å². The van der Waals surface area contributed by atoms with E-state index in [0.29, 0.717) is 24.2 Å². The fourth-order valence-corrected chi connectivity index (χ4v) is 2.62. The van der Waals surface area contributed by atoms with Crippen molar-refractivity contribution in [1.29, 1.82) is 0 Å². The maximum atomic E-state index is 5.73. The van der Waals surface area contributed by atoms with Gasteiger partial charge in [0.1, 0.15) is 10.9 Å². The Balaban J connectivity index is 2.48. The van der Waals surface area contributed by atoms with Gasteiger partial charge in [-0.3, -0.25) is 0 Å². The number of fused-ring (bicyclic) bond motifs is 1. The molecule has 0 aliphatic rings. The zero-order valence-electron chi connectivity index (χ0n) is 10.8. The summed E-state index contributed by atoms with van der Waals surface area (Å²) < 4.78 is 5.73. The monoisotopic (exact) mass is 266 g/mol. The van der Waals surface area contributed by atoms with E-state index in [2.05, 4.69) is 29.2 Å². The SMILES string of the molecule is CCOC(c1nc(NN)c2ccsc2n1)C(C)C. The first kappa shape index (κ1) is 13.2. The van der Waals surface area contributed by atoms with Gasteiger partial charge in [-0.25, -0.2) is 15.8 Å². The summed E-state index contributed by atoms with van der Waals surface area (Å²) in [5, 5.41) is 2.93. The van der Waals surface area contributed by atoms with Crippen LogP contribution in [0.5, 0.6) is 0 Å². The van der Waals surface area contributed by atoms with Crippen LogP contribution in [0.25, 0.3) is 10.2 Å². The van der Waals surface area contributed by atoms with Crippen molar-refractivity contribution in [2.75, 3.05) is 12.0 Å². The Morgan fingerprint density at radius 3 is 2.83 bits per heavy atom. The molecule has 0 aromatic carbocycles. The number of nitrogens with two attached hydrogens (primary N) is 1. The average molecular weight is 266 g/mol. The number of rotatable bonds is 5. The van der Waals surface area contributed by atoms with Gasteiger partial charge in [-0.1, -0.05) is 13.8 Å². The molecule has 1 unspecified atom stereocenters. The molecule has 0 bridgehead atoms. The fourth-order valence-electron chi connectivity index (χ4n) is 1.85. The van der Waals surface area contributed by atoms with Crippen LogP contribution in [0, 0.1) is 5.92 Å². The first-order chi connectivity index (χ1) is 8.67. The van der Waals surface area contributed by atoms with E-state index in [1.165, 1.54) is 0 Å². The normalized spacial score (nSPS) is 13.2. The van der Waals surface area contributed by atoms with Crippen molar-refractivity contribution < 1.29 is 4.74 Å². The van der Waals surface area contributed by atoms with Gasteiger partial charge in [0.25, 0.3) is 0 Å². The van der Waals surface area contributed by atoms with E-state index in [9.17, 15) is 0 Å². The lowest BCUT2D eigenvalue weighted by molar-refractivity contribution is 0.0236. The second-order valence-corrected chi connectivity index (χ2v) is 5.23. The molecule has 0 spiro atoms. The number of hydrazine groups is 1. The molecule has 0 amide bonds. The highest BCUT2D eigenvalue weighted by molar-refractivity contribution is 7.16. The van der Waals surface area contributed by atoms with Crippen LogP contribution in [0.2, 0.25) is 0 Å². The fraction of sp³-hybridized carbons (Fsp3) is 0.500. The van der Waals surface area contributed by atoms with E-state index >= 15 is 0 Å². The van der Waals surface area contributed by atoms with Crippen molar-refractivity contribution in [3.05, 3.63) is 17.3 Å². The summed E-state index contributed by atoms with van der Waals surface area (Å²) in [6.07, 6.45) is -0.103. The van der Waals surface area contributed by atoms with Gasteiger partial charge in [0.05, 0.1) is 5.39 Å². The summed E-state index contributed by atoms with van der Waals surface area (Å²) in [6.45, 7) is 6.80. The third kappa shape index (κ3) is 2.45. The highest BCUT2D eigenvalue weighted by atomic mass is 32.1. The summed E-state index contributed by atoms with van der Waals surface area (Å²) in [5.74, 6) is 7.17. The molecule has 18 heavy (non-hydrogen) atoms. The maximum absolute atomic E-state index is 5.73. The van der Waals surface area contributed by atoms with Crippen molar-refractivity contribution >= 4 is 27.4 Å². The number of nitrogens with zero attached hydrogens (tertiary/aromatic N) is 2. The van der Waals surface area contributed by atoms with Crippen LogP contribution < -0.4 is 11.3 Å². The third-order valence-electron chi connectivity index (χ3n) is 2.69. The molecular formula is C12H18N4OS. The second kappa shape index (κ2) is 5.60. The van der Waals surface area contributed by atoms with Gasteiger partial charge in [0, 0.05) is 6.61 Å². The molecule has 2 rings (SSSR count). The minimum Gasteiger partial charge on any atom is -0.370 e. The van der Waals surface area contributed by atoms with Crippen LogP contribution in [-0.2, 0) is 4.74 Å². The van der Waals surface area contributed by atoms with Crippen LogP contribution >= 0.6 is 11.3 Å². The topological polar surface area (TPSA) is 73.1 Å². The zero-order valence-corrected chi connectivity index (χ0v) is 11.6. The van der Waals surface area contributed by atoms with Gasteiger partial charge in [-0.2, -0.15) is 0 Å². The first-order valence-electron chi connectivity index (χ1n) is 6.00. The van der Waals surface area contributed by atoms with E-state index in [-0.39, 0.29) is 6.10 Å². The van der Waals surface area contributed by atoms with Gasteiger partial charge in [-0.15, -0.1) is 11.3 Å². The summed E-state index contributed by atoms with van der Waals surface area (Å²) in [4.78, 5) is 9.97. The minimum atomic E-state index is -0.103. The van der Waals surface area contributed by atoms with Crippen molar-refractivity contribution in [1.82, 2.24) is 9.97 Å². The summed E-state index contributed by atoms with van der Waals surface area (Å²) in [7, 11) is 0. The first-order valence-corrected chi connectivity index (χ1v) is 6.88. The Morgan fingerprint density at radius 1 is 1.44 bits per heavy atom. The van der Waals surface area contributed by atoms with Crippen LogP contribution in [0.1, 0.15) is 32.7 Å². The number of ether oxygens (including phenoxy) is 1. The Hall–Kier alpha value is -1.24. The smallest absolute Gasteiger partial charge is 0.161 e. The van der Waals surface area contributed by atoms with Gasteiger partial charge in [0.15, 0.2) is 11.6 Å². The number of aromatic nitrogens is 2. The van der Waals surface area contributed by atoms with Crippen LogP contribution in [0.4, 0.5) is 5.82 Å². The van der Waals surface area contributed by atoms with Crippen LogP contribution in [0.3, 0.4) is 0 Å². The molecule has 1 atom stereocenters. The average Bonchev–Trinajstić information content (AvgIpc) is 2.82. The lowest BCUT2D eigenvalue weighted by atomic mass is 10.1. The number of nitrogen functional groups attached to an aromatic ring is 1. The molecule has 0 aliphatic heterocycles. The molecule has 2 aromatic heterocycles. The van der Waals surface area contributed by atoms with Gasteiger partial charge < -0.3 is 10.2 Å². The van der Waals surface area contributed by atoms with E-state index in [1.54, 1.807) is 11.3 Å². The molecule has 2 heterocycles. The van der Waals surface area contributed by atoms with E-state index in [1.807, 2.05) is 18.4 Å². The standard InChI is InChI=1S/C12H18N4OS/c1-4-17-9(7(2)3)11-14-10(16-13)8-5-6-18-12(8)15-11/h5-7,9H,4,13H2,1-3H3,(H,14,15,16). The number of hydrogen-bond acceptors (Lipinski definition) is 6. The van der Waals surface area contributed by atoms with Crippen molar-refractivity contribution in [3.63, 3.8) is 0 Å². The molecule has 2 aromatic rings. The van der Waals surface area contributed by atoms with Crippen molar-refractivity contribution in [3.8, 4) is 0 Å². The summed E-state index contributed by atoms with van der Waals surface area (Å²) >= 11 is 1.58. The quantitative estimate of drug-likeness (QED) is 0.643. The Kier molecular flexibility index (Phi) is 4.11. The molecule has 0 aliphatic carbocycles. The highest BCUT2D eigenvalue weighted by Gasteiger charge is 2.21. The van der Waals surface area contributed by atoms with E-state index in [0.717, 1.165) is 10.2 Å². The van der Waals surface area contributed by atoms with Gasteiger partial charge in [-0.05, 0) is 24.3 Å². The maximum Gasteiger partial charge on any atom is 0.161 e. The zero-order chi connectivity index (χ0) is 13.1. The second-order valence-electron chi connectivity index (χ2n) is 4.33. The Morgan fingerprint density at radius 2 is 2.22 bits per heavy atom. The van der Waals surface area contributed by atoms with Crippen molar-refractivity contribution in [2.45, 2.75) is 26.9 Å². The number of thiophene rings is 1. The van der Waals surface area contributed by atoms with Crippen LogP contribution in [0.15, 0.2) is 11.4 Å². The van der Waals surface area contributed by atoms with Crippen molar-refractivity contribution in [2.24, 2.45) is 11.8 Å². The largest absolute Gasteiger partial charge is 0.370 e. The molecule has 0 saturated heterocycles. The van der Waals surface area contributed by atoms with Crippen LogP contribution in [-0.4, -0.2) is 16.6 Å². The van der Waals surface area contributed by atoms with E-state index in [4.69, 9.17) is 10.6 Å². The lowest BCUT2D eigenvalue weighted by Crippen LogP contribution is -2.17. The molecule has 6 heteroatoms. The highest BCUT2D eigenvalue weighted by Crippen LogP contribution is 2.29. The molecule has 5 nitrogen and oxygen atoms in total. The predicted octanol–water partition coefficient (Wildman–Crippen LogP) is 2.71. The minimum absolute atomic E-state index is 0.103. The summed E-state index contributed by atoms with van der Waals surface area (Å²) in [6, 6.07) is 1.96. The third-order valence-corrected chi connectivity index (χ3v) is 3.49. The van der Waals surface area contributed by atoms with Gasteiger partial charge in [0.2, 0.25) is 0 Å². The number of nitrogens with one attached hydrogen (secondary N) is 1. The number of anilines is 1. The molecule has 3 N–H and O–H groups in total. The number of hydrogen-bond donors (Lipinski definition) is 2. The summed E-state index contributed by atoms with van der Waals surface area (Å²) in [5.41, 5.74) is 2.63. The molecule has 0 radical (unpaired) electrons. The Bertz CT molecular complexity index is 526. The predicted molar refractivity (Wildman–Crippen MR) is 74.4 cm³/mol. The van der Waals surface area contributed by atoms with Gasteiger partial charge >= 0.3 is 0 Å². The molecule has 0 fully saturated rings. The lowest BCUT2D eigenvalue weighted by Gasteiger charge is -2.19. The molecular weight excluding hydrogens is 248 g/mol. The molecule has 0 saturated carbocycles.